The fraction of sp³-hybridized carbons (Fsp3) is 0.292. The normalized spacial score (nSPS) is 15.2. The van der Waals surface area contributed by atoms with Crippen molar-refractivity contribution in [3.63, 3.8) is 0 Å². The van der Waals surface area contributed by atoms with Crippen LogP contribution in [0, 0.1) is 5.82 Å². The minimum atomic E-state index is -4.23. The maximum Gasteiger partial charge on any atom is 0.456 e. The molecule has 3 nitrogen and oxygen atoms in total. The quantitative estimate of drug-likeness (QED) is 0.333. The molecule has 2 heterocycles. The lowest BCUT2D eigenvalue weighted by Crippen LogP contribution is -2.44. The highest BCUT2D eigenvalue weighted by atomic mass is 32.2. The first-order valence-electron chi connectivity index (χ1n) is 10.4. The number of aromatic nitrogens is 1. The predicted molar refractivity (Wildman–Crippen MR) is 121 cm³/mol. The third-order valence-electron chi connectivity index (χ3n) is 5.45. The zero-order chi connectivity index (χ0) is 22.6. The van der Waals surface area contributed by atoms with E-state index in [-0.39, 0.29) is 17.8 Å². The molecule has 1 aliphatic heterocycles. The summed E-state index contributed by atoms with van der Waals surface area (Å²) in [5.74, 6) is -0.257. The molecule has 0 spiro atoms. The minimum absolute atomic E-state index is 0.0408. The van der Waals surface area contributed by atoms with Crippen molar-refractivity contribution in [1.82, 2.24) is 9.29 Å². The van der Waals surface area contributed by atoms with Crippen LogP contribution in [0.3, 0.4) is 0 Å². The average Bonchev–Trinajstić information content (AvgIpc) is 2.78. The maximum atomic E-state index is 14.1. The third kappa shape index (κ3) is 6.23. The van der Waals surface area contributed by atoms with E-state index in [0.29, 0.717) is 32.6 Å². The summed E-state index contributed by atoms with van der Waals surface area (Å²) in [6, 6.07) is 16.9. The van der Waals surface area contributed by atoms with E-state index < -0.39 is 5.51 Å². The van der Waals surface area contributed by atoms with E-state index in [1.807, 2.05) is 42.5 Å². The molecule has 0 N–H and O–H groups in total. The van der Waals surface area contributed by atoms with Crippen molar-refractivity contribution in [2.75, 3.05) is 31.1 Å². The van der Waals surface area contributed by atoms with Crippen molar-refractivity contribution in [2.24, 2.45) is 0 Å². The van der Waals surface area contributed by atoms with E-state index in [1.165, 1.54) is 10.4 Å². The predicted octanol–water partition coefficient (Wildman–Crippen LogP) is 5.96. The highest BCUT2D eigenvalue weighted by Gasteiger charge is 2.33. The summed E-state index contributed by atoms with van der Waals surface area (Å²) >= 11 is -0.0408. The van der Waals surface area contributed by atoms with Gasteiger partial charge in [-0.15, -0.1) is 0 Å². The largest absolute Gasteiger partial charge is 0.456 e. The maximum absolute atomic E-state index is 14.1. The molecule has 0 aliphatic carbocycles. The number of nitrogens with zero attached hydrogens (tertiary/aromatic N) is 3. The van der Waals surface area contributed by atoms with Crippen LogP contribution in [0.4, 0.5) is 23.2 Å². The number of anilines is 1. The van der Waals surface area contributed by atoms with Crippen LogP contribution in [0.5, 0.6) is 0 Å². The summed E-state index contributed by atoms with van der Waals surface area (Å²) in [6.07, 6.45) is 4.87. The number of hydrogen-bond donors (Lipinski definition) is 0. The van der Waals surface area contributed by atoms with Gasteiger partial charge in [0.15, 0.2) is 0 Å². The Morgan fingerprint density at radius 2 is 1.44 bits per heavy atom. The molecule has 8 heteroatoms. The molecule has 1 fully saturated rings. The lowest BCUT2D eigenvalue weighted by atomic mass is 9.99. The van der Waals surface area contributed by atoms with Crippen LogP contribution in [0.1, 0.15) is 11.1 Å². The Kier molecular flexibility index (Phi) is 7.01. The Bertz CT molecular complexity index is 1020. The fourth-order valence-corrected chi connectivity index (χ4v) is 4.49. The number of alkyl halides is 3. The molecule has 1 aliphatic rings. The second-order valence-electron chi connectivity index (χ2n) is 7.70. The molecule has 32 heavy (non-hydrogen) atoms. The summed E-state index contributed by atoms with van der Waals surface area (Å²) < 4.78 is 53.0. The monoisotopic (exact) mass is 461 g/mol. The second-order valence-corrected chi connectivity index (χ2v) is 8.87. The molecule has 0 bridgehead atoms. The topological polar surface area (TPSA) is 19.4 Å². The SMILES string of the molecule is Fc1cc(CCc2ccc(N3CCN(SC(F)(F)F)CC3)cc2)cc(-c2ccncc2)c1. The molecular formula is C24H23F4N3S. The van der Waals surface area contributed by atoms with Gasteiger partial charge in [0.2, 0.25) is 0 Å². The first kappa shape index (κ1) is 22.6. The van der Waals surface area contributed by atoms with E-state index in [0.717, 1.165) is 34.4 Å². The molecular weight excluding hydrogens is 438 g/mol. The Morgan fingerprint density at radius 1 is 0.781 bits per heavy atom. The fourth-order valence-electron chi connectivity index (χ4n) is 3.85. The van der Waals surface area contributed by atoms with Crippen LogP contribution in [0.15, 0.2) is 67.0 Å². The van der Waals surface area contributed by atoms with E-state index >= 15 is 0 Å². The van der Waals surface area contributed by atoms with Gasteiger partial charge in [0.25, 0.3) is 0 Å². The van der Waals surface area contributed by atoms with Gasteiger partial charge in [-0.1, -0.05) is 18.2 Å². The summed E-state index contributed by atoms with van der Waals surface area (Å²) in [4.78, 5) is 6.11. The smallest absolute Gasteiger partial charge is 0.369 e. The molecule has 0 amide bonds. The number of aryl methyl sites for hydroxylation is 2. The van der Waals surface area contributed by atoms with Crippen molar-refractivity contribution in [1.29, 1.82) is 0 Å². The lowest BCUT2D eigenvalue weighted by molar-refractivity contribution is -0.0363. The third-order valence-corrected chi connectivity index (χ3v) is 6.28. The van der Waals surface area contributed by atoms with E-state index in [2.05, 4.69) is 9.88 Å². The van der Waals surface area contributed by atoms with Gasteiger partial charge < -0.3 is 4.90 Å². The molecule has 1 aromatic heterocycles. The molecule has 3 aromatic rings. The number of benzene rings is 2. The lowest BCUT2D eigenvalue weighted by Gasteiger charge is -2.35. The second kappa shape index (κ2) is 9.92. The highest BCUT2D eigenvalue weighted by Crippen LogP contribution is 2.34. The summed E-state index contributed by atoms with van der Waals surface area (Å²) in [7, 11) is 0. The van der Waals surface area contributed by atoms with Gasteiger partial charge in [0, 0.05) is 56.2 Å². The first-order valence-corrected chi connectivity index (χ1v) is 11.2. The molecule has 0 saturated carbocycles. The van der Waals surface area contributed by atoms with E-state index in [4.69, 9.17) is 0 Å². The van der Waals surface area contributed by atoms with Crippen LogP contribution in [0.25, 0.3) is 11.1 Å². The molecule has 4 rings (SSSR count). The Morgan fingerprint density at radius 3 is 2.09 bits per heavy atom. The van der Waals surface area contributed by atoms with E-state index in [1.54, 1.807) is 18.5 Å². The summed E-state index contributed by atoms with van der Waals surface area (Å²) in [6.45, 7) is 1.85. The van der Waals surface area contributed by atoms with Gasteiger partial charge in [-0.05, 0) is 71.5 Å². The molecule has 2 aromatic carbocycles. The standard InChI is InChI=1S/C24H23F4N3S/c25-22-16-19(15-21(17-22)20-7-9-29-10-8-20)2-1-18-3-5-23(6-4-18)30-11-13-31(14-12-30)32-24(26,27)28/h3-10,15-17H,1-2,11-14H2. The molecule has 1 saturated heterocycles. The molecule has 168 valence electrons. The van der Waals surface area contributed by atoms with Crippen molar-refractivity contribution >= 4 is 17.6 Å². The van der Waals surface area contributed by atoms with Crippen molar-refractivity contribution < 1.29 is 17.6 Å². The van der Waals surface area contributed by atoms with Crippen LogP contribution in [-0.2, 0) is 12.8 Å². The number of rotatable bonds is 6. The van der Waals surface area contributed by atoms with Crippen LogP contribution < -0.4 is 4.90 Å². The summed E-state index contributed by atoms with van der Waals surface area (Å²) in [5.41, 5.74) is 0.606. The van der Waals surface area contributed by atoms with E-state index in [9.17, 15) is 17.6 Å². The van der Waals surface area contributed by atoms with Crippen molar-refractivity contribution in [3.05, 3.63) is 83.9 Å². The average molecular weight is 462 g/mol. The van der Waals surface area contributed by atoms with Gasteiger partial charge in [0.1, 0.15) is 5.82 Å². The Hall–Kier alpha value is -2.58. The van der Waals surface area contributed by atoms with Gasteiger partial charge >= 0.3 is 5.51 Å². The number of hydrogen-bond acceptors (Lipinski definition) is 4. The van der Waals surface area contributed by atoms with Crippen molar-refractivity contribution in [3.8, 4) is 11.1 Å². The molecule has 0 atom stereocenters. The van der Waals surface area contributed by atoms with Gasteiger partial charge in [-0.3, -0.25) is 4.98 Å². The first-order chi connectivity index (χ1) is 15.4. The Balaban J connectivity index is 1.34. The van der Waals surface area contributed by atoms with Gasteiger partial charge in [-0.2, -0.15) is 13.2 Å². The number of pyridine rings is 1. The van der Waals surface area contributed by atoms with Crippen LogP contribution >= 0.6 is 11.9 Å². The van der Waals surface area contributed by atoms with Crippen LogP contribution in [0.2, 0.25) is 0 Å². The zero-order valence-electron chi connectivity index (χ0n) is 17.4. The zero-order valence-corrected chi connectivity index (χ0v) is 18.2. The molecule has 0 radical (unpaired) electrons. The molecule has 0 unspecified atom stereocenters. The Labute approximate surface area is 189 Å². The number of halogens is 4. The summed E-state index contributed by atoms with van der Waals surface area (Å²) in [5, 5.41) is 0. The van der Waals surface area contributed by atoms with Crippen LogP contribution in [-0.4, -0.2) is 41.0 Å². The number of piperazine rings is 1. The minimum Gasteiger partial charge on any atom is -0.369 e. The van der Waals surface area contributed by atoms with Crippen molar-refractivity contribution in [2.45, 2.75) is 18.3 Å². The highest BCUT2D eigenvalue weighted by molar-refractivity contribution is 7.97. The van der Waals surface area contributed by atoms with Gasteiger partial charge in [0.05, 0.1) is 0 Å². The van der Waals surface area contributed by atoms with Gasteiger partial charge in [-0.25, -0.2) is 8.70 Å².